The van der Waals surface area contributed by atoms with Crippen molar-refractivity contribution in [3.8, 4) is 0 Å². The van der Waals surface area contributed by atoms with Gasteiger partial charge in [-0.2, -0.15) is 0 Å². The Kier molecular flexibility index (Phi) is 6.08. The molecule has 0 radical (unpaired) electrons. The summed E-state index contributed by atoms with van der Waals surface area (Å²) >= 11 is 5.87. The zero-order valence-corrected chi connectivity index (χ0v) is 17.6. The van der Waals surface area contributed by atoms with Gasteiger partial charge in [0.15, 0.2) is 0 Å². The van der Waals surface area contributed by atoms with Crippen molar-refractivity contribution in [2.75, 3.05) is 6.61 Å². The maximum Gasteiger partial charge on any atom is 0.341 e. The summed E-state index contributed by atoms with van der Waals surface area (Å²) in [4.78, 5) is 24.7. The van der Waals surface area contributed by atoms with Crippen LogP contribution in [0, 0.1) is 5.82 Å². The highest BCUT2D eigenvalue weighted by molar-refractivity contribution is 6.30. The van der Waals surface area contributed by atoms with Crippen molar-refractivity contribution < 1.29 is 19.4 Å². The molecule has 4 rings (SSSR count). The summed E-state index contributed by atoms with van der Waals surface area (Å²) < 4.78 is 15.9. The van der Waals surface area contributed by atoms with Crippen LogP contribution < -0.4 is 5.43 Å². The quantitative estimate of drug-likeness (QED) is 0.446. The van der Waals surface area contributed by atoms with Gasteiger partial charge in [-0.05, 0) is 34.9 Å². The molecule has 1 heterocycles. The predicted octanol–water partition coefficient (Wildman–Crippen LogP) is 4.66. The van der Waals surface area contributed by atoms with Gasteiger partial charge in [0.2, 0.25) is 5.43 Å². The third-order valence-electron chi connectivity index (χ3n) is 5.45. The number of halogens is 2. The van der Waals surface area contributed by atoms with E-state index < -0.39 is 28.8 Å². The van der Waals surface area contributed by atoms with E-state index in [1.54, 1.807) is 34.9 Å². The van der Waals surface area contributed by atoms with Gasteiger partial charge < -0.3 is 14.8 Å². The number of carbonyl (C=O) groups is 1. The number of pyridine rings is 1. The molecule has 0 aliphatic heterocycles. The summed E-state index contributed by atoms with van der Waals surface area (Å²) in [5.41, 5.74) is 1.19. The monoisotopic (exact) mass is 451 g/mol. The maximum atomic E-state index is 14.4. The lowest BCUT2D eigenvalue weighted by Crippen LogP contribution is -2.23. The summed E-state index contributed by atoms with van der Waals surface area (Å²) in [5.74, 6) is -1.89. The molecule has 32 heavy (non-hydrogen) atoms. The molecule has 0 aliphatic rings. The van der Waals surface area contributed by atoms with Crippen molar-refractivity contribution in [3.63, 3.8) is 0 Å². The first-order valence-electron chi connectivity index (χ1n) is 9.90. The third kappa shape index (κ3) is 4.02. The second-order valence-corrected chi connectivity index (χ2v) is 7.84. The Balaban J connectivity index is 1.90. The van der Waals surface area contributed by atoms with Crippen molar-refractivity contribution in [3.05, 3.63) is 116 Å². The lowest BCUT2D eigenvalue weighted by Gasteiger charge is -2.22. The van der Waals surface area contributed by atoms with Gasteiger partial charge in [0.25, 0.3) is 0 Å². The van der Waals surface area contributed by atoms with Crippen molar-refractivity contribution >= 4 is 28.5 Å². The number of fused-ring (bicyclic) bond motifs is 1. The van der Waals surface area contributed by atoms with Crippen LogP contribution in [-0.4, -0.2) is 27.4 Å². The Bertz CT molecular complexity index is 1370. The van der Waals surface area contributed by atoms with Gasteiger partial charge >= 0.3 is 5.97 Å². The number of carboxylic acid groups (broad SMARTS) is 1. The molecule has 5 nitrogen and oxygen atoms in total. The fraction of sp³-hybridized carbons (Fsp3) is 0.120. The Hall–Kier alpha value is -3.48. The SMILES string of the molecule is O=C(O)c1cn([C@H](CO)c2ccccc2)c2ccc(Cc3cccc(Cl)c3F)cc2c1=O. The predicted molar refractivity (Wildman–Crippen MR) is 121 cm³/mol. The van der Waals surface area contributed by atoms with Gasteiger partial charge in [-0.3, -0.25) is 4.79 Å². The van der Waals surface area contributed by atoms with E-state index in [4.69, 9.17) is 11.6 Å². The van der Waals surface area contributed by atoms with Crippen LogP contribution in [0.25, 0.3) is 10.9 Å². The van der Waals surface area contributed by atoms with Crippen LogP contribution in [0.15, 0.2) is 77.7 Å². The van der Waals surface area contributed by atoms with Gasteiger partial charge in [-0.25, -0.2) is 9.18 Å². The molecule has 3 aromatic carbocycles. The molecule has 2 N–H and O–H groups in total. The molecule has 0 saturated heterocycles. The second-order valence-electron chi connectivity index (χ2n) is 7.43. The number of aromatic carboxylic acids is 1. The Labute approximate surface area is 187 Å². The highest BCUT2D eigenvalue weighted by Crippen LogP contribution is 2.26. The summed E-state index contributed by atoms with van der Waals surface area (Å²) in [5, 5.41) is 19.9. The molecule has 0 amide bonds. The summed E-state index contributed by atoms with van der Waals surface area (Å²) in [7, 11) is 0. The van der Waals surface area contributed by atoms with Crippen LogP contribution in [0.1, 0.15) is 33.1 Å². The number of carboxylic acids is 1. The fourth-order valence-corrected chi connectivity index (χ4v) is 4.05. The summed E-state index contributed by atoms with van der Waals surface area (Å²) in [6.45, 7) is -0.295. The van der Waals surface area contributed by atoms with Gasteiger partial charge in [-0.1, -0.05) is 60.1 Å². The molecule has 1 aromatic heterocycles. The van der Waals surface area contributed by atoms with E-state index in [0.717, 1.165) is 5.56 Å². The van der Waals surface area contributed by atoms with Crippen molar-refractivity contribution in [1.82, 2.24) is 4.57 Å². The van der Waals surface area contributed by atoms with Crippen LogP contribution in [0.5, 0.6) is 0 Å². The first kappa shape index (κ1) is 21.7. The van der Waals surface area contributed by atoms with E-state index in [9.17, 15) is 24.2 Å². The van der Waals surface area contributed by atoms with Gasteiger partial charge in [-0.15, -0.1) is 0 Å². The number of aliphatic hydroxyl groups is 1. The maximum absolute atomic E-state index is 14.4. The van der Waals surface area contributed by atoms with E-state index in [0.29, 0.717) is 16.6 Å². The van der Waals surface area contributed by atoms with Gasteiger partial charge in [0.05, 0.1) is 23.2 Å². The number of aliphatic hydroxyl groups excluding tert-OH is 1. The minimum Gasteiger partial charge on any atom is -0.477 e. The van der Waals surface area contributed by atoms with Gasteiger partial charge in [0.1, 0.15) is 11.4 Å². The Morgan fingerprint density at radius 1 is 1.06 bits per heavy atom. The highest BCUT2D eigenvalue weighted by atomic mass is 35.5. The number of rotatable bonds is 6. The minimum atomic E-state index is -1.36. The molecule has 0 aliphatic carbocycles. The van der Waals surface area contributed by atoms with Crippen LogP contribution in [-0.2, 0) is 6.42 Å². The fourth-order valence-electron chi connectivity index (χ4n) is 3.86. The standard InChI is InChI=1S/C25H19ClFNO4/c26-20-8-4-7-17(23(20)27)11-15-9-10-21-18(12-15)24(30)19(25(31)32)13-28(21)22(14-29)16-5-2-1-3-6-16/h1-10,12-13,22,29H,11,14H2,(H,31,32)/t22-/m1/s1. The first-order chi connectivity index (χ1) is 15.4. The number of benzene rings is 3. The Morgan fingerprint density at radius 2 is 1.81 bits per heavy atom. The molecule has 0 fully saturated rings. The third-order valence-corrected chi connectivity index (χ3v) is 5.74. The second kappa shape index (κ2) is 8.94. The number of hydrogen-bond acceptors (Lipinski definition) is 3. The number of hydrogen-bond donors (Lipinski definition) is 2. The van der Waals surface area contributed by atoms with Crippen LogP contribution >= 0.6 is 11.6 Å². The number of nitrogens with zero attached hydrogens (tertiary/aromatic N) is 1. The Morgan fingerprint density at radius 3 is 2.50 bits per heavy atom. The molecule has 1 atom stereocenters. The number of aromatic nitrogens is 1. The van der Waals surface area contributed by atoms with Gasteiger partial charge in [0, 0.05) is 18.0 Å². The van der Waals surface area contributed by atoms with Crippen LogP contribution in [0.3, 0.4) is 0 Å². The average Bonchev–Trinajstić information content (AvgIpc) is 2.79. The van der Waals surface area contributed by atoms with Crippen LogP contribution in [0.4, 0.5) is 4.39 Å². The summed E-state index contributed by atoms with van der Waals surface area (Å²) in [6.07, 6.45) is 1.44. The first-order valence-corrected chi connectivity index (χ1v) is 10.3. The normalized spacial score (nSPS) is 12.1. The average molecular weight is 452 g/mol. The van der Waals surface area contributed by atoms with Crippen molar-refractivity contribution in [2.45, 2.75) is 12.5 Å². The lowest BCUT2D eigenvalue weighted by atomic mass is 10.00. The van der Waals surface area contributed by atoms with Crippen molar-refractivity contribution in [1.29, 1.82) is 0 Å². The zero-order valence-electron chi connectivity index (χ0n) is 16.8. The van der Waals surface area contributed by atoms with Crippen molar-refractivity contribution in [2.24, 2.45) is 0 Å². The smallest absolute Gasteiger partial charge is 0.341 e. The van der Waals surface area contributed by atoms with Crippen LogP contribution in [0.2, 0.25) is 5.02 Å². The molecule has 0 bridgehead atoms. The molecule has 4 aromatic rings. The highest BCUT2D eigenvalue weighted by Gasteiger charge is 2.20. The molecule has 162 valence electrons. The molecule has 0 unspecified atom stereocenters. The topological polar surface area (TPSA) is 79.5 Å². The molecule has 0 saturated carbocycles. The molecule has 0 spiro atoms. The molecule has 7 heteroatoms. The molecular weight excluding hydrogens is 433 g/mol. The van der Waals surface area contributed by atoms with E-state index >= 15 is 0 Å². The zero-order chi connectivity index (χ0) is 22.8. The van der Waals surface area contributed by atoms with E-state index in [-0.39, 0.29) is 23.4 Å². The van der Waals surface area contributed by atoms with E-state index in [1.807, 2.05) is 30.3 Å². The summed E-state index contributed by atoms with van der Waals surface area (Å²) in [6, 6.07) is 18.2. The largest absolute Gasteiger partial charge is 0.477 e. The van der Waals surface area contributed by atoms with E-state index in [2.05, 4.69) is 0 Å². The van der Waals surface area contributed by atoms with E-state index in [1.165, 1.54) is 12.3 Å². The molecular formula is C25H19ClFNO4. The minimum absolute atomic E-state index is 0.00690. The lowest BCUT2D eigenvalue weighted by molar-refractivity contribution is 0.0694.